The van der Waals surface area contributed by atoms with E-state index >= 15 is 0 Å². The molecule has 0 radical (unpaired) electrons. The molecule has 13 heteroatoms. The van der Waals surface area contributed by atoms with E-state index in [4.69, 9.17) is 16.3 Å². The third kappa shape index (κ3) is 8.10. The fraction of sp³-hybridized carbons (Fsp3) is 0.500. The number of rotatable bonds is 10. The average molecular weight is 626 g/mol. The lowest BCUT2D eigenvalue weighted by Gasteiger charge is -2.28. The number of amides is 2. The SMILES string of the molecule is Cn1c(Nc2cc(CNC(=O)C(C)(C)C)ccc2Cl)nc2cc(C(=O)N[C@H]3CC[C@H](C(F)F)CC3)c(OCC(F)F)cc21. The Morgan fingerprint density at radius 3 is 2.42 bits per heavy atom. The highest BCUT2D eigenvalue weighted by atomic mass is 35.5. The number of ether oxygens (including phenoxy) is 1. The highest BCUT2D eigenvalue weighted by Crippen LogP contribution is 2.33. The number of carbonyl (C=O) groups excluding carboxylic acids is 2. The van der Waals surface area contributed by atoms with Gasteiger partial charge in [0.1, 0.15) is 12.4 Å². The van der Waals surface area contributed by atoms with Gasteiger partial charge in [0.15, 0.2) is 0 Å². The molecule has 0 unspecified atom stereocenters. The van der Waals surface area contributed by atoms with E-state index in [0.29, 0.717) is 53.4 Å². The zero-order chi connectivity index (χ0) is 31.5. The number of nitrogens with one attached hydrogen (secondary N) is 3. The van der Waals surface area contributed by atoms with E-state index < -0.39 is 36.7 Å². The van der Waals surface area contributed by atoms with Crippen molar-refractivity contribution in [3.63, 3.8) is 0 Å². The second kappa shape index (κ2) is 13.4. The van der Waals surface area contributed by atoms with Crippen LogP contribution in [0.3, 0.4) is 0 Å². The van der Waals surface area contributed by atoms with Gasteiger partial charge in [-0.2, -0.15) is 0 Å². The monoisotopic (exact) mass is 625 g/mol. The van der Waals surface area contributed by atoms with E-state index in [1.54, 1.807) is 29.8 Å². The Labute approximate surface area is 252 Å². The first-order valence-electron chi connectivity index (χ1n) is 14.1. The molecule has 2 amide bonds. The summed E-state index contributed by atoms with van der Waals surface area (Å²) in [5.74, 6) is -1.03. The van der Waals surface area contributed by atoms with E-state index in [9.17, 15) is 27.2 Å². The maximum absolute atomic E-state index is 13.2. The van der Waals surface area contributed by atoms with E-state index in [2.05, 4.69) is 20.9 Å². The van der Waals surface area contributed by atoms with Crippen LogP contribution in [0.25, 0.3) is 11.0 Å². The number of halogens is 5. The number of imidazole rings is 1. The lowest BCUT2D eigenvalue weighted by atomic mass is 9.86. The second-order valence-electron chi connectivity index (χ2n) is 11.8. The standard InChI is InChI=1S/C30H36ClF4N5O3/c1-30(2,3)28(42)36-14-16-5-10-20(31)21(11-16)38-29-39-22-12-19(24(43-15-25(32)33)13-23(22)40(29)4)27(41)37-18-8-6-17(7-9-18)26(34)35/h5,10-13,17-18,25-26H,6-9,14-15H2,1-4H3,(H,36,42)(H,37,41)(H,38,39)/t17-,18-. The van der Waals surface area contributed by atoms with Crippen LogP contribution in [0.2, 0.25) is 5.02 Å². The minimum Gasteiger partial charge on any atom is -0.487 e. The van der Waals surface area contributed by atoms with Gasteiger partial charge in [-0.05, 0) is 49.4 Å². The number of aromatic nitrogens is 2. The summed E-state index contributed by atoms with van der Waals surface area (Å²) in [5, 5.41) is 9.31. The van der Waals surface area contributed by atoms with Gasteiger partial charge >= 0.3 is 0 Å². The number of hydrogen-bond acceptors (Lipinski definition) is 5. The van der Waals surface area contributed by atoms with Crippen LogP contribution in [0.4, 0.5) is 29.2 Å². The van der Waals surface area contributed by atoms with Crippen LogP contribution in [0, 0.1) is 11.3 Å². The lowest BCUT2D eigenvalue weighted by Crippen LogP contribution is -2.38. The summed E-state index contributed by atoms with van der Waals surface area (Å²) in [6, 6.07) is 7.88. The fourth-order valence-corrected chi connectivity index (χ4v) is 5.07. The maximum Gasteiger partial charge on any atom is 0.272 e. The van der Waals surface area contributed by atoms with Gasteiger partial charge in [0, 0.05) is 37.0 Å². The molecule has 0 spiro atoms. The quantitative estimate of drug-likeness (QED) is 0.215. The summed E-state index contributed by atoms with van der Waals surface area (Å²) in [5.41, 5.74) is 1.70. The summed E-state index contributed by atoms with van der Waals surface area (Å²) < 4.78 is 59.2. The first-order chi connectivity index (χ1) is 20.2. The normalized spacial score (nSPS) is 17.4. The summed E-state index contributed by atoms with van der Waals surface area (Å²) in [4.78, 5) is 30.1. The number of hydrogen-bond donors (Lipinski definition) is 3. The first kappa shape index (κ1) is 32.4. The van der Waals surface area contributed by atoms with Crippen LogP contribution in [0.1, 0.15) is 62.4 Å². The Hall–Kier alpha value is -3.54. The van der Waals surface area contributed by atoms with Crippen molar-refractivity contribution in [1.29, 1.82) is 0 Å². The number of carbonyl (C=O) groups is 2. The fourth-order valence-electron chi connectivity index (χ4n) is 4.91. The number of aryl methyl sites for hydroxylation is 1. The molecule has 2 aromatic carbocycles. The molecular weight excluding hydrogens is 590 g/mol. The third-order valence-corrected chi connectivity index (χ3v) is 7.80. The zero-order valence-electron chi connectivity index (χ0n) is 24.4. The van der Waals surface area contributed by atoms with Gasteiger partial charge in [-0.3, -0.25) is 9.59 Å². The highest BCUT2D eigenvalue weighted by molar-refractivity contribution is 6.33. The molecule has 0 aliphatic heterocycles. The predicted molar refractivity (Wildman–Crippen MR) is 157 cm³/mol. The van der Waals surface area contributed by atoms with Gasteiger partial charge in [0.05, 0.1) is 27.3 Å². The van der Waals surface area contributed by atoms with Crippen molar-refractivity contribution in [2.24, 2.45) is 18.4 Å². The number of anilines is 2. The van der Waals surface area contributed by atoms with Crippen molar-refractivity contribution in [2.75, 3.05) is 11.9 Å². The van der Waals surface area contributed by atoms with E-state index in [1.165, 1.54) is 12.1 Å². The summed E-state index contributed by atoms with van der Waals surface area (Å²) in [6.45, 7) is 4.84. The van der Waals surface area contributed by atoms with Gasteiger partial charge in [0.25, 0.3) is 12.3 Å². The molecular formula is C30H36ClF4N5O3. The van der Waals surface area contributed by atoms with E-state index in [0.717, 1.165) is 5.56 Å². The number of benzene rings is 2. The molecule has 1 saturated carbocycles. The number of fused-ring (bicyclic) bond motifs is 1. The summed E-state index contributed by atoms with van der Waals surface area (Å²) in [6.07, 6.45) is -3.78. The molecule has 43 heavy (non-hydrogen) atoms. The molecule has 1 fully saturated rings. The Morgan fingerprint density at radius 1 is 1.09 bits per heavy atom. The molecule has 1 aromatic heterocycles. The van der Waals surface area contributed by atoms with E-state index in [-0.39, 0.29) is 29.8 Å². The van der Waals surface area contributed by atoms with Crippen molar-refractivity contribution in [2.45, 2.75) is 71.9 Å². The van der Waals surface area contributed by atoms with Crippen LogP contribution in [-0.2, 0) is 18.4 Å². The third-order valence-electron chi connectivity index (χ3n) is 7.47. The molecule has 4 rings (SSSR count). The van der Waals surface area contributed by atoms with Crippen molar-refractivity contribution in [3.8, 4) is 5.75 Å². The predicted octanol–water partition coefficient (Wildman–Crippen LogP) is 6.83. The van der Waals surface area contributed by atoms with Gasteiger partial charge in [-0.15, -0.1) is 0 Å². The molecule has 1 aliphatic carbocycles. The smallest absolute Gasteiger partial charge is 0.272 e. The number of alkyl halides is 4. The average Bonchev–Trinajstić information content (AvgIpc) is 3.25. The maximum atomic E-state index is 13.2. The molecule has 8 nitrogen and oxygen atoms in total. The molecule has 3 aromatic rings. The Morgan fingerprint density at radius 2 is 1.79 bits per heavy atom. The van der Waals surface area contributed by atoms with Crippen molar-refractivity contribution in [3.05, 3.63) is 46.5 Å². The second-order valence-corrected chi connectivity index (χ2v) is 12.2. The van der Waals surface area contributed by atoms with E-state index in [1.807, 2.05) is 20.8 Å². The Kier molecular flexibility index (Phi) is 10.1. The Bertz CT molecular complexity index is 1470. The van der Waals surface area contributed by atoms with Crippen molar-refractivity contribution >= 4 is 46.1 Å². The molecule has 1 aliphatic rings. The minimum atomic E-state index is -2.76. The van der Waals surface area contributed by atoms with Gasteiger partial charge in [-0.25, -0.2) is 22.5 Å². The molecule has 234 valence electrons. The van der Waals surface area contributed by atoms with Crippen LogP contribution in [0.15, 0.2) is 30.3 Å². The minimum absolute atomic E-state index is 0.0170. The van der Waals surface area contributed by atoms with Gasteiger partial charge in [-0.1, -0.05) is 38.4 Å². The van der Waals surface area contributed by atoms with Gasteiger partial charge in [0.2, 0.25) is 18.3 Å². The van der Waals surface area contributed by atoms with Crippen molar-refractivity contribution < 1.29 is 31.9 Å². The molecule has 1 heterocycles. The number of nitrogens with zero attached hydrogens (tertiary/aromatic N) is 2. The molecule has 3 N–H and O–H groups in total. The molecule has 0 atom stereocenters. The Balaban J connectivity index is 1.58. The largest absolute Gasteiger partial charge is 0.487 e. The highest BCUT2D eigenvalue weighted by Gasteiger charge is 2.29. The lowest BCUT2D eigenvalue weighted by molar-refractivity contribution is -0.128. The van der Waals surface area contributed by atoms with Crippen LogP contribution >= 0.6 is 11.6 Å². The summed E-state index contributed by atoms with van der Waals surface area (Å²) in [7, 11) is 1.71. The van der Waals surface area contributed by atoms with Crippen molar-refractivity contribution in [1.82, 2.24) is 20.2 Å². The molecule has 0 bridgehead atoms. The van der Waals surface area contributed by atoms with Gasteiger partial charge < -0.3 is 25.3 Å². The topological polar surface area (TPSA) is 97.3 Å². The molecule has 0 saturated heterocycles. The summed E-state index contributed by atoms with van der Waals surface area (Å²) >= 11 is 6.44. The van der Waals surface area contributed by atoms with Crippen LogP contribution in [-0.4, -0.2) is 46.9 Å². The van der Waals surface area contributed by atoms with Crippen LogP contribution in [0.5, 0.6) is 5.75 Å². The first-order valence-corrected chi connectivity index (χ1v) is 14.4. The van der Waals surface area contributed by atoms with Crippen LogP contribution < -0.4 is 20.7 Å². The zero-order valence-corrected chi connectivity index (χ0v) is 25.2.